The van der Waals surface area contributed by atoms with Crippen LogP contribution in [0.2, 0.25) is 5.02 Å². The molecule has 0 aliphatic rings. The van der Waals surface area contributed by atoms with Crippen molar-refractivity contribution in [2.75, 3.05) is 12.8 Å². The Hall–Kier alpha value is -0.590. The number of aryl methyl sites for hydroxylation is 1. The van der Waals surface area contributed by atoms with E-state index in [-0.39, 0.29) is 0 Å². The molecule has 0 aliphatic carbocycles. The van der Waals surface area contributed by atoms with Crippen LogP contribution >= 0.6 is 11.6 Å². The van der Waals surface area contributed by atoms with Gasteiger partial charge >= 0.3 is 0 Å². The predicted molar refractivity (Wildman–Crippen MR) is 82.9 cm³/mol. The molecule has 0 radical (unpaired) electrons. The van der Waals surface area contributed by atoms with E-state index < -0.39 is 20.6 Å². The van der Waals surface area contributed by atoms with Crippen molar-refractivity contribution < 1.29 is 8.42 Å². The first-order chi connectivity index (χ1) is 9.16. The second-order valence-corrected chi connectivity index (χ2v) is 8.46. The largest absolute Gasteiger partial charge is 0.307 e. The number of rotatable bonds is 7. The minimum atomic E-state index is -3.26. The quantitative estimate of drug-likeness (QED) is 0.837. The zero-order chi connectivity index (χ0) is 15.6. The van der Waals surface area contributed by atoms with Crippen LogP contribution in [0, 0.1) is 0 Å². The maximum atomic E-state index is 12.2. The summed E-state index contributed by atoms with van der Waals surface area (Å²) < 4.78 is 25.1. The van der Waals surface area contributed by atoms with Crippen LogP contribution in [0.5, 0.6) is 0 Å². The van der Waals surface area contributed by atoms with E-state index in [1.54, 1.807) is 24.7 Å². The Morgan fingerprint density at radius 1 is 1.45 bits per heavy atom. The van der Waals surface area contributed by atoms with E-state index in [4.69, 9.17) is 11.6 Å². The molecule has 116 valence electrons. The van der Waals surface area contributed by atoms with E-state index in [9.17, 15) is 8.42 Å². The summed E-state index contributed by atoms with van der Waals surface area (Å²) in [5, 5.41) is 8.02. The summed E-state index contributed by atoms with van der Waals surface area (Å²) in [6, 6.07) is -0.396. The monoisotopic (exact) mass is 321 g/mol. The summed E-state index contributed by atoms with van der Waals surface area (Å²) in [6.07, 6.45) is 3.74. The summed E-state index contributed by atoms with van der Waals surface area (Å²) in [6.45, 7) is 8.80. The molecule has 1 atom stereocenters. The third-order valence-corrected chi connectivity index (χ3v) is 6.09. The van der Waals surface area contributed by atoms with Crippen molar-refractivity contribution in [3.63, 3.8) is 0 Å². The highest BCUT2D eigenvalue weighted by Crippen LogP contribution is 2.35. The van der Waals surface area contributed by atoms with E-state index in [1.807, 2.05) is 13.8 Å². The molecule has 0 saturated carbocycles. The van der Waals surface area contributed by atoms with Crippen molar-refractivity contribution in [1.29, 1.82) is 0 Å². The molecule has 1 rings (SSSR count). The molecule has 7 heteroatoms. The van der Waals surface area contributed by atoms with Gasteiger partial charge in [-0.25, -0.2) is 8.42 Å². The SMILES string of the molecule is CCCNC(c1c(Cl)cnn1CC)C(C)(C)S(C)(=O)=O. The fourth-order valence-corrected chi connectivity index (χ4v) is 2.96. The van der Waals surface area contributed by atoms with E-state index >= 15 is 0 Å². The molecular formula is C13H24ClN3O2S. The normalized spacial score (nSPS) is 14.5. The van der Waals surface area contributed by atoms with Gasteiger partial charge in [-0.2, -0.15) is 5.10 Å². The standard InChI is InChI=1S/C13H24ClN3O2S/c1-6-8-15-12(13(3,4)20(5,18)19)11-10(14)9-16-17(11)7-2/h9,12,15H,6-8H2,1-5H3. The smallest absolute Gasteiger partial charge is 0.154 e. The van der Waals surface area contributed by atoms with Gasteiger partial charge < -0.3 is 5.32 Å². The molecule has 0 bridgehead atoms. The molecule has 0 amide bonds. The number of hydrogen-bond donors (Lipinski definition) is 1. The molecule has 1 heterocycles. The number of halogens is 1. The fraction of sp³-hybridized carbons (Fsp3) is 0.769. The Morgan fingerprint density at radius 3 is 2.50 bits per heavy atom. The van der Waals surface area contributed by atoms with Crippen LogP contribution in [0.3, 0.4) is 0 Å². The first kappa shape index (κ1) is 17.5. The molecule has 20 heavy (non-hydrogen) atoms. The lowest BCUT2D eigenvalue weighted by Crippen LogP contribution is -2.46. The third-order valence-electron chi connectivity index (χ3n) is 3.66. The lowest BCUT2D eigenvalue weighted by molar-refractivity contribution is 0.394. The summed E-state index contributed by atoms with van der Waals surface area (Å²) in [4.78, 5) is 0. The second-order valence-electron chi connectivity index (χ2n) is 5.46. The van der Waals surface area contributed by atoms with Gasteiger partial charge in [-0.15, -0.1) is 0 Å². The highest BCUT2D eigenvalue weighted by Gasteiger charge is 2.42. The number of nitrogens with one attached hydrogen (secondary N) is 1. The van der Waals surface area contributed by atoms with Gasteiger partial charge in [0.2, 0.25) is 0 Å². The van der Waals surface area contributed by atoms with Gasteiger partial charge in [0, 0.05) is 12.8 Å². The van der Waals surface area contributed by atoms with Gasteiger partial charge in [-0.1, -0.05) is 18.5 Å². The van der Waals surface area contributed by atoms with Crippen molar-refractivity contribution in [2.45, 2.75) is 51.4 Å². The summed E-state index contributed by atoms with van der Waals surface area (Å²) >= 11 is 6.24. The van der Waals surface area contributed by atoms with Gasteiger partial charge in [-0.05, 0) is 33.7 Å². The molecule has 1 N–H and O–H groups in total. The van der Waals surface area contributed by atoms with Crippen LogP contribution in [-0.2, 0) is 16.4 Å². The van der Waals surface area contributed by atoms with E-state index in [1.165, 1.54) is 6.26 Å². The van der Waals surface area contributed by atoms with Gasteiger partial charge in [0.1, 0.15) is 0 Å². The third kappa shape index (κ3) is 3.35. The number of nitrogens with zero attached hydrogens (tertiary/aromatic N) is 2. The van der Waals surface area contributed by atoms with Crippen molar-refractivity contribution in [3.05, 3.63) is 16.9 Å². The predicted octanol–water partition coefficient (Wildman–Crippen LogP) is 2.42. The van der Waals surface area contributed by atoms with Gasteiger partial charge in [0.05, 0.1) is 27.7 Å². The maximum Gasteiger partial charge on any atom is 0.154 e. The maximum absolute atomic E-state index is 12.2. The van der Waals surface area contributed by atoms with Gasteiger partial charge in [-0.3, -0.25) is 4.68 Å². The molecule has 1 aromatic heterocycles. The van der Waals surface area contributed by atoms with Crippen LogP contribution < -0.4 is 5.32 Å². The molecular weight excluding hydrogens is 298 g/mol. The number of sulfone groups is 1. The van der Waals surface area contributed by atoms with E-state index in [0.29, 0.717) is 11.6 Å². The molecule has 1 aromatic rings. The zero-order valence-electron chi connectivity index (χ0n) is 12.8. The highest BCUT2D eigenvalue weighted by atomic mass is 35.5. The number of hydrogen-bond acceptors (Lipinski definition) is 4. The molecule has 5 nitrogen and oxygen atoms in total. The van der Waals surface area contributed by atoms with E-state index in [0.717, 1.165) is 18.7 Å². The van der Waals surface area contributed by atoms with Crippen LogP contribution in [0.25, 0.3) is 0 Å². The molecule has 0 fully saturated rings. The van der Waals surface area contributed by atoms with Crippen molar-refractivity contribution in [2.24, 2.45) is 0 Å². The minimum absolute atomic E-state index is 0.396. The lowest BCUT2D eigenvalue weighted by Gasteiger charge is -2.34. The summed E-state index contributed by atoms with van der Waals surface area (Å²) in [7, 11) is -3.26. The van der Waals surface area contributed by atoms with Crippen LogP contribution in [0.1, 0.15) is 45.9 Å². The first-order valence-electron chi connectivity index (χ1n) is 6.81. The Kier molecular flexibility index (Phi) is 5.63. The second kappa shape index (κ2) is 6.45. The fourth-order valence-electron chi connectivity index (χ4n) is 2.09. The van der Waals surface area contributed by atoms with E-state index in [2.05, 4.69) is 10.4 Å². The lowest BCUT2D eigenvalue weighted by atomic mass is 9.99. The number of aromatic nitrogens is 2. The van der Waals surface area contributed by atoms with Gasteiger partial charge in [0.15, 0.2) is 9.84 Å². The van der Waals surface area contributed by atoms with Crippen LogP contribution in [0.4, 0.5) is 0 Å². The van der Waals surface area contributed by atoms with Crippen molar-refractivity contribution in [1.82, 2.24) is 15.1 Å². The Balaban J connectivity index is 3.36. The summed E-state index contributed by atoms with van der Waals surface area (Å²) in [5.74, 6) is 0. The topological polar surface area (TPSA) is 64.0 Å². The Labute approximate surface area is 126 Å². The Bertz CT molecular complexity index is 552. The molecule has 0 aromatic carbocycles. The molecule has 0 aliphatic heterocycles. The zero-order valence-corrected chi connectivity index (χ0v) is 14.3. The average molecular weight is 322 g/mol. The minimum Gasteiger partial charge on any atom is -0.307 e. The molecule has 0 saturated heterocycles. The van der Waals surface area contributed by atoms with Crippen LogP contribution in [-0.4, -0.2) is 35.7 Å². The molecule has 1 unspecified atom stereocenters. The average Bonchev–Trinajstić information content (AvgIpc) is 2.70. The first-order valence-corrected chi connectivity index (χ1v) is 9.07. The highest BCUT2D eigenvalue weighted by molar-refractivity contribution is 7.92. The molecule has 0 spiro atoms. The van der Waals surface area contributed by atoms with Crippen molar-refractivity contribution in [3.8, 4) is 0 Å². The Morgan fingerprint density at radius 2 is 2.05 bits per heavy atom. The van der Waals surface area contributed by atoms with Gasteiger partial charge in [0.25, 0.3) is 0 Å². The van der Waals surface area contributed by atoms with Crippen molar-refractivity contribution >= 4 is 21.4 Å². The van der Waals surface area contributed by atoms with Crippen LogP contribution in [0.15, 0.2) is 6.20 Å². The summed E-state index contributed by atoms with van der Waals surface area (Å²) in [5.41, 5.74) is 0.734.